The standard InChI is InChI=1S/C16H21FN2O2/c17-14-10-12(16(20)21)4-5-15(14)19-9-6-13(11-19)18-7-2-1-3-8-18/h4-5,10,13H,1-3,6-9,11H2,(H,20,21). The van der Waals surface area contributed by atoms with Gasteiger partial charge >= 0.3 is 5.97 Å². The van der Waals surface area contributed by atoms with Crippen LogP contribution in [0.5, 0.6) is 0 Å². The lowest BCUT2D eigenvalue weighted by molar-refractivity contribution is 0.0696. The Kier molecular flexibility index (Phi) is 4.10. The molecule has 1 aromatic carbocycles. The summed E-state index contributed by atoms with van der Waals surface area (Å²) in [5.74, 6) is -1.53. The molecule has 0 saturated carbocycles. The number of anilines is 1. The van der Waals surface area contributed by atoms with Gasteiger partial charge in [-0.15, -0.1) is 0 Å². The molecule has 21 heavy (non-hydrogen) atoms. The lowest BCUT2D eigenvalue weighted by Crippen LogP contribution is -2.40. The van der Waals surface area contributed by atoms with Gasteiger partial charge in [0.1, 0.15) is 5.82 Å². The van der Waals surface area contributed by atoms with Crippen LogP contribution in [0.2, 0.25) is 0 Å². The number of hydrogen-bond acceptors (Lipinski definition) is 3. The fraction of sp³-hybridized carbons (Fsp3) is 0.562. The van der Waals surface area contributed by atoms with Crippen molar-refractivity contribution in [3.05, 3.63) is 29.6 Å². The fourth-order valence-corrected chi connectivity index (χ4v) is 3.44. The number of likely N-dealkylation sites (tertiary alicyclic amines) is 1. The van der Waals surface area contributed by atoms with Gasteiger partial charge in [-0.1, -0.05) is 6.42 Å². The molecule has 2 aliphatic heterocycles. The third kappa shape index (κ3) is 3.02. The summed E-state index contributed by atoms with van der Waals surface area (Å²) in [7, 11) is 0. The zero-order valence-corrected chi connectivity index (χ0v) is 12.1. The summed E-state index contributed by atoms with van der Waals surface area (Å²) in [6.45, 7) is 3.98. The van der Waals surface area contributed by atoms with E-state index in [2.05, 4.69) is 4.90 Å². The summed E-state index contributed by atoms with van der Waals surface area (Å²) >= 11 is 0. The lowest BCUT2D eigenvalue weighted by Gasteiger charge is -2.32. The maximum atomic E-state index is 14.1. The molecule has 0 aliphatic carbocycles. The van der Waals surface area contributed by atoms with Crippen molar-refractivity contribution in [1.82, 2.24) is 4.90 Å². The maximum absolute atomic E-state index is 14.1. The summed E-state index contributed by atoms with van der Waals surface area (Å²) in [6.07, 6.45) is 4.90. The predicted molar refractivity (Wildman–Crippen MR) is 79.4 cm³/mol. The second-order valence-corrected chi connectivity index (χ2v) is 5.96. The number of halogens is 1. The molecule has 2 fully saturated rings. The number of rotatable bonds is 3. The number of carboxylic acid groups (broad SMARTS) is 1. The number of hydrogen-bond donors (Lipinski definition) is 1. The third-order valence-electron chi connectivity index (χ3n) is 4.61. The molecule has 2 saturated heterocycles. The Hall–Kier alpha value is -1.62. The Bertz CT molecular complexity index is 529. The van der Waals surface area contributed by atoms with E-state index in [4.69, 9.17) is 5.11 Å². The average Bonchev–Trinajstić information content (AvgIpc) is 2.97. The van der Waals surface area contributed by atoms with Gasteiger partial charge in [-0.2, -0.15) is 0 Å². The van der Waals surface area contributed by atoms with E-state index in [9.17, 15) is 9.18 Å². The third-order valence-corrected chi connectivity index (χ3v) is 4.61. The van der Waals surface area contributed by atoms with Crippen molar-refractivity contribution in [1.29, 1.82) is 0 Å². The number of nitrogens with zero attached hydrogens (tertiary/aromatic N) is 2. The summed E-state index contributed by atoms with van der Waals surface area (Å²) < 4.78 is 14.1. The highest BCUT2D eigenvalue weighted by atomic mass is 19.1. The first-order chi connectivity index (χ1) is 10.1. The number of carbonyl (C=O) groups is 1. The van der Waals surface area contributed by atoms with Crippen molar-refractivity contribution in [2.24, 2.45) is 0 Å². The van der Waals surface area contributed by atoms with Gasteiger partial charge in [-0.05, 0) is 50.6 Å². The molecule has 0 bridgehead atoms. The Morgan fingerprint density at radius 3 is 2.62 bits per heavy atom. The average molecular weight is 292 g/mol. The van der Waals surface area contributed by atoms with Crippen LogP contribution in [-0.2, 0) is 0 Å². The Morgan fingerprint density at radius 2 is 1.95 bits per heavy atom. The van der Waals surface area contributed by atoms with Crippen LogP contribution in [0.3, 0.4) is 0 Å². The maximum Gasteiger partial charge on any atom is 0.335 e. The monoisotopic (exact) mass is 292 g/mol. The van der Waals surface area contributed by atoms with Crippen LogP contribution in [0.4, 0.5) is 10.1 Å². The van der Waals surface area contributed by atoms with Gasteiger partial charge in [-0.25, -0.2) is 9.18 Å². The van der Waals surface area contributed by atoms with Crippen molar-refractivity contribution < 1.29 is 14.3 Å². The van der Waals surface area contributed by atoms with E-state index in [1.54, 1.807) is 6.07 Å². The van der Waals surface area contributed by atoms with Gasteiger partial charge < -0.3 is 10.0 Å². The van der Waals surface area contributed by atoms with Crippen LogP contribution in [-0.4, -0.2) is 48.2 Å². The van der Waals surface area contributed by atoms with Crippen molar-refractivity contribution in [2.45, 2.75) is 31.7 Å². The molecule has 0 radical (unpaired) electrons. The molecule has 0 aromatic heterocycles. The zero-order valence-electron chi connectivity index (χ0n) is 12.1. The molecule has 5 heteroatoms. The molecule has 0 amide bonds. The largest absolute Gasteiger partial charge is 0.478 e. The van der Waals surface area contributed by atoms with Gasteiger partial charge in [0.25, 0.3) is 0 Å². The van der Waals surface area contributed by atoms with E-state index < -0.39 is 11.8 Å². The normalized spacial score (nSPS) is 23.5. The van der Waals surface area contributed by atoms with Crippen LogP contribution in [0.15, 0.2) is 18.2 Å². The highest BCUT2D eigenvalue weighted by Crippen LogP contribution is 2.27. The molecule has 0 spiro atoms. The first kappa shape index (κ1) is 14.3. The van der Waals surface area contributed by atoms with Crippen LogP contribution in [0, 0.1) is 5.82 Å². The summed E-state index contributed by atoms with van der Waals surface area (Å²) in [6, 6.07) is 4.70. The van der Waals surface area contributed by atoms with Crippen molar-refractivity contribution >= 4 is 11.7 Å². The summed E-state index contributed by atoms with van der Waals surface area (Å²) in [5.41, 5.74) is 0.530. The topological polar surface area (TPSA) is 43.8 Å². The van der Waals surface area contributed by atoms with Crippen LogP contribution >= 0.6 is 0 Å². The lowest BCUT2D eigenvalue weighted by atomic mass is 10.1. The fourth-order valence-electron chi connectivity index (χ4n) is 3.44. The summed E-state index contributed by atoms with van der Waals surface area (Å²) in [5, 5.41) is 8.89. The molecule has 4 nitrogen and oxygen atoms in total. The smallest absolute Gasteiger partial charge is 0.335 e. The Labute approximate surface area is 124 Å². The van der Waals surface area contributed by atoms with Gasteiger partial charge in [0.05, 0.1) is 11.3 Å². The van der Waals surface area contributed by atoms with E-state index in [-0.39, 0.29) is 5.56 Å². The minimum atomic E-state index is -1.09. The minimum Gasteiger partial charge on any atom is -0.478 e. The minimum absolute atomic E-state index is 0.00280. The van der Waals surface area contributed by atoms with E-state index >= 15 is 0 Å². The van der Waals surface area contributed by atoms with Crippen molar-refractivity contribution in [3.8, 4) is 0 Å². The van der Waals surface area contributed by atoms with Crippen LogP contribution < -0.4 is 4.90 Å². The Balaban J connectivity index is 1.69. The molecular formula is C16H21FN2O2. The zero-order chi connectivity index (χ0) is 14.8. The predicted octanol–water partition coefficient (Wildman–Crippen LogP) is 2.59. The van der Waals surface area contributed by atoms with E-state index in [1.165, 1.54) is 25.3 Å². The van der Waals surface area contributed by atoms with Crippen LogP contribution in [0.1, 0.15) is 36.0 Å². The molecule has 1 N–H and O–H groups in total. The van der Waals surface area contributed by atoms with Crippen molar-refractivity contribution in [2.75, 3.05) is 31.1 Å². The number of benzene rings is 1. The highest BCUT2D eigenvalue weighted by molar-refractivity contribution is 5.88. The second-order valence-electron chi connectivity index (χ2n) is 5.96. The molecule has 3 rings (SSSR count). The number of carboxylic acids is 1. The molecule has 1 aromatic rings. The van der Waals surface area contributed by atoms with E-state index in [1.807, 2.05) is 4.90 Å². The first-order valence-corrected chi connectivity index (χ1v) is 7.67. The molecule has 2 heterocycles. The molecule has 114 valence electrons. The highest BCUT2D eigenvalue weighted by Gasteiger charge is 2.29. The number of piperidine rings is 1. The van der Waals surface area contributed by atoms with Gasteiger partial charge in [0, 0.05) is 19.1 Å². The number of aromatic carboxylic acids is 1. The van der Waals surface area contributed by atoms with E-state index in [0.717, 1.165) is 38.7 Å². The second kappa shape index (κ2) is 6.02. The molecule has 2 aliphatic rings. The molecule has 1 atom stereocenters. The van der Waals surface area contributed by atoms with Gasteiger partial charge in [0.15, 0.2) is 0 Å². The van der Waals surface area contributed by atoms with Crippen molar-refractivity contribution in [3.63, 3.8) is 0 Å². The molecular weight excluding hydrogens is 271 g/mol. The van der Waals surface area contributed by atoms with Gasteiger partial charge in [-0.3, -0.25) is 4.90 Å². The van der Waals surface area contributed by atoms with Crippen LogP contribution in [0.25, 0.3) is 0 Å². The quantitative estimate of drug-likeness (QED) is 0.930. The van der Waals surface area contributed by atoms with E-state index in [0.29, 0.717) is 11.7 Å². The molecule has 1 unspecified atom stereocenters. The SMILES string of the molecule is O=C(O)c1ccc(N2CCC(N3CCCCC3)C2)c(F)c1. The first-order valence-electron chi connectivity index (χ1n) is 7.67. The summed E-state index contributed by atoms with van der Waals surface area (Å²) in [4.78, 5) is 15.4. The Morgan fingerprint density at radius 1 is 1.19 bits per heavy atom. The van der Waals surface area contributed by atoms with Gasteiger partial charge in [0.2, 0.25) is 0 Å².